The van der Waals surface area contributed by atoms with E-state index in [0.717, 1.165) is 71.6 Å². The summed E-state index contributed by atoms with van der Waals surface area (Å²) in [5.74, 6) is 1.45. The molecule has 2 aliphatic heterocycles. The van der Waals surface area contributed by atoms with Gasteiger partial charge in [-0.2, -0.15) is 5.10 Å². The minimum Gasteiger partial charge on any atom is -0.490 e. The van der Waals surface area contributed by atoms with Gasteiger partial charge in [-0.1, -0.05) is 12.1 Å². The number of fused-ring (bicyclic) bond motifs is 2. The maximum absolute atomic E-state index is 6.07. The van der Waals surface area contributed by atoms with Gasteiger partial charge in [-0.25, -0.2) is 4.98 Å². The molecule has 0 aliphatic carbocycles. The summed E-state index contributed by atoms with van der Waals surface area (Å²) in [7, 11) is 2.09. The highest BCUT2D eigenvalue weighted by Gasteiger charge is 2.18. The van der Waals surface area contributed by atoms with Gasteiger partial charge in [0.25, 0.3) is 0 Å². The van der Waals surface area contributed by atoms with Crippen molar-refractivity contribution < 1.29 is 9.47 Å². The Balaban J connectivity index is 1.34. The number of rotatable bonds is 4. The number of hydrogen-bond donors (Lipinski definition) is 2. The van der Waals surface area contributed by atoms with Crippen molar-refractivity contribution >= 4 is 16.6 Å². The van der Waals surface area contributed by atoms with Crippen LogP contribution in [0.4, 0.5) is 5.69 Å². The molecule has 0 spiro atoms. The molecule has 2 aromatic carbocycles. The van der Waals surface area contributed by atoms with Crippen LogP contribution in [0.5, 0.6) is 11.6 Å². The zero-order chi connectivity index (χ0) is 22.2. The number of H-pyrrole nitrogens is 1. The second-order valence-corrected chi connectivity index (χ2v) is 8.61. The lowest BCUT2D eigenvalue weighted by molar-refractivity contribution is 0.160. The average Bonchev–Trinajstić information content (AvgIpc) is 3.28. The number of nitrogens with one attached hydrogen (secondary N) is 2. The number of aromatic amines is 1. The van der Waals surface area contributed by atoms with E-state index in [0.29, 0.717) is 18.2 Å². The van der Waals surface area contributed by atoms with Crippen molar-refractivity contribution in [3.8, 4) is 34.1 Å². The first-order valence-electron chi connectivity index (χ1n) is 11.4. The molecule has 8 nitrogen and oxygen atoms in total. The van der Waals surface area contributed by atoms with Crippen molar-refractivity contribution in [3.05, 3.63) is 48.8 Å². The Morgan fingerprint density at radius 1 is 1.12 bits per heavy atom. The Labute approximate surface area is 192 Å². The van der Waals surface area contributed by atoms with Gasteiger partial charge in [0, 0.05) is 19.0 Å². The molecular formula is C25H26N6O2. The van der Waals surface area contributed by atoms with Gasteiger partial charge < -0.3 is 19.7 Å². The summed E-state index contributed by atoms with van der Waals surface area (Å²) >= 11 is 0. The highest BCUT2D eigenvalue weighted by Crippen LogP contribution is 2.36. The molecule has 0 bridgehead atoms. The number of benzene rings is 2. The summed E-state index contributed by atoms with van der Waals surface area (Å²) in [6, 6.07) is 12.7. The molecule has 1 saturated heterocycles. The molecule has 0 saturated carbocycles. The Morgan fingerprint density at radius 2 is 2.03 bits per heavy atom. The smallest absolute Gasteiger partial charge is 0.233 e. The number of aromatic nitrogens is 4. The van der Waals surface area contributed by atoms with E-state index in [1.165, 1.54) is 0 Å². The average molecular weight is 443 g/mol. The normalized spacial score (nSPS) is 18.1. The third-order valence-corrected chi connectivity index (χ3v) is 6.35. The van der Waals surface area contributed by atoms with Crippen LogP contribution in [0.2, 0.25) is 0 Å². The largest absolute Gasteiger partial charge is 0.490 e. The Hall–Kier alpha value is -3.65. The van der Waals surface area contributed by atoms with E-state index >= 15 is 0 Å². The molecule has 2 N–H and O–H groups in total. The molecule has 8 heteroatoms. The number of nitrogens with zero attached hydrogens (tertiary/aromatic N) is 4. The van der Waals surface area contributed by atoms with Crippen LogP contribution in [-0.4, -0.2) is 59.6 Å². The second kappa shape index (κ2) is 8.37. The minimum atomic E-state index is 0.121. The molecule has 4 heterocycles. The van der Waals surface area contributed by atoms with E-state index in [1.807, 2.05) is 0 Å². The van der Waals surface area contributed by atoms with Crippen LogP contribution in [-0.2, 0) is 0 Å². The Morgan fingerprint density at radius 3 is 2.94 bits per heavy atom. The van der Waals surface area contributed by atoms with Crippen LogP contribution in [0.25, 0.3) is 33.4 Å². The molecule has 1 unspecified atom stereocenters. The monoisotopic (exact) mass is 442 g/mol. The van der Waals surface area contributed by atoms with Gasteiger partial charge in [0.1, 0.15) is 29.8 Å². The van der Waals surface area contributed by atoms with Gasteiger partial charge in [-0.05, 0) is 54.8 Å². The predicted molar refractivity (Wildman–Crippen MR) is 128 cm³/mol. The van der Waals surface area contributed by atoms with E-state index in [9.17, 15) is 0 Å². The maximum Gasteiger partial charge on any atom is 0.233 e. The van der Waals surface area contributed by atoms with Gasteiger partial charge in [0.2, 0.25) is 5.88 Å². The fraction of sp³-hybridized carbons (Fsp3) is 0.320. The van der Waals surface area contributed by atoms with E-state index in [2.05, 4.69) is 68.8 Å². The highest BCUT2D eigenvalue weighted by molar-refractivity contribution is 5.95. The van der Waals surface area contributed by atoms with E-state index < -0.39 is 0 Å². The topological polar surface area (TPSA) is 88.2 Å². The molecule has 2 aliphatic rings. The first-order chi connectivity index (χ1) is 16.2. The first-order valence-corrected chi connectivity index (χ1v) is 11.4. The van der Waals surface area contributed by atoms with Crippen molar-refractivity contribution in [1.82, 2.24) is 25.5 Å². The number of ether oxygens (including phenoxy) is 2. The third-order valence-electron chi connectivity index (χ3n) is 6.35. The second-order valence-electron chi connectivity index (χ2n) is 8.61. The quantitative estimate of drug-likeness (QED) is 0.499. The summed E-state index contributed by atoms with van der Waals surface area (Å²) in [5.41, 5.74) is 5.72. The number of anilines is 1. The number of likely N-dealkylation sites (N-methyl/N-ethyl adjacent to an activating group) is 1. The summed E-state index contributed by atoms with van der Waals surface area (Å²) in [6.07, 6.45) is 5.65. The van der Waals surface area contributed by atoms with Gasteiger partial charge >= 0.3 is 0 Å². The van der Waals surface area contributed by atoms with Crippen LogP contribution >= 0.6 is 0 Å². The highest BCUT2D eigenvalue weighted by atomic mass is 16.5. The lowest BCUT2D eigenvalue weighted by Gasteiger charge is -2.28. The van der Waals surface area contributed by atoms with Crippen LogP contribution in [0.15, 0.2) is 48.8 Å². The van der Waals surface area contributed by atoms with Crippen molar-refractivity contribution in [2.75, 3.05) is 38.2 Å². The maximum atomic E-state index is 6.07. The fourth-order valence-corrected chi connectivity index (χ4v) is 4.54. The zero-order valence-electron chi connectivity index (χ0n) is 18.5. The van der Waals surface area contributed by atoms with Crippen LogP contribution in [0.3, 0.4) is 0 Å². The molecule has 1 fully saturated rings. The fourth-order valence-electron chi connectivity index (χ4n) is 4.54. The lowest BCUT2D eigenvalue weighted by atomic mass is 10.0. The van der Waals surface area contributed by atoms with Crippen molar-refractivity contribution in [2.24, 2.45) is 0 Å². The summed E-state index contributed by atoms with van der Waals surface area (Å²) in [5, 5.41) is 12.0. The summed E-state index contributed by atoms with van der Waals surface area (Å²) in [6.45, 7) is 3.48. The Bertz CT molecular complexity index is 1300. The van der Waals surface area contributed by atoms with Gasteiger partial charge in [0.05, 0.1) is 30.1 Å². The van der Waals surface area contributed by atoms with Crippen LogP contribution < -0.4 is 19.7 Å². The molecule has 0 radical (unpaired) electrons. The van der Waals surface area contributed by atoms with E-state index in [-0.39, 0.29) is 6.10 Å². The molecule has 0 amide bonds. The number of piperidine rings is 1. The molecule has 4 aromatic rings. The molecule has 1 atom stereocenters. The lowest BCUT2D eigenvalue weighted by Crippen LogP contribution is -2.37. The van der Waals surface area contributed by atoms with Crippen LogP contribution in [0, 0.1) is 0 Å². The molecule has 33 heavy (non-hydrogen) atoms. The summed E-state index contributed by atoms with van der Waals surface area (Å²) in [4.78, 5) is 11.3. The van der Waals surface area contributed by atoms with Crippen molar-refractivity contribution in [3.63, 3.8) is 0 Å². The standard InChI is InChI=1S/C25H26N6O2/c1-31-9-10-32-23-12-17(5-7-22(23)31)16-4-6-20-19(11-16)25(30-29-20)21-14-27-15-24(28-21)33-18-3-2-8-26-13-18/h4-7,11-12,14-15,18,26H,2-3,8-10,13H2,1H3,(H,29,30). The number of hydrogen-bond acceptors (Lipinski definition) is 7. The van der Waals surface area contributed by atoms with Gasteiger partial charge in [0.15, 0.2) is 0 Å². The van der Waals surface area contributed by atoms with E-state index in [4.69, 9.17) is 14.5 Å². The van der Waals surface area contributed by atoms with Crippen molar-refractivity contribution in [1.29, 1.82) is 0 Å². The van der Waals surface area contributed by atoms with E-state index in [1.54, 1.807) is 12.4 Å². The van der Waals surface area contributed by atoms with Gasteiger partial charge in [-0.15, -0.1) is 0 Å². The summed E-state index contributed by atoms with van der Waals surface area (Å²) < 4.78 is 12.0. The molecular weight excluding hydrogens is 416 g/mol. The molecule has 6 rings (SSSR count). The van der Waals surface area contributed by atoms with Crippen molar-refractivity contribution in [2.45, 2.75) is 18.9 Å². The Kier molecular flexibility index (Phi) is 5.07. The third kappa shape index (κ3) is 3.87. The van der Waals surface area contributed by atoms with Crippen LogP contribution in [0.1, 0.15) is 12.8 Å². The zero-order valence-corrected chi connectivity index (χ0v) is 18.5. The van der Waals surface area contributed by atoms with Gasteiger partial charge in [-0.3, -0.25) is 10.1 Å². The first kappa shape index (κ1) is 20.0. The molecule has 2 aromatic heterocycles. The molecule has 168 valence electrons. The minimum absolute atomic E-state index is 0.121. The SMILES string of the molecule is CN1CCOc2cc(-c3ccc4[nH]nc(-c5cncc(OC6CCCNC6)n5)c4c3)ccc21. The predicted octanol–water partition coefficient (Wildman–Crippen LogP) is 3.65.